The van der Waals surface area contributed by atoms with E-state index in [0.29, 0.717) is 21.4 Å². The topological polar surface area (TPSA) is 50.7 Å². The standard InChI is InChI=1S/C20H16Cl2N2O2/c1-13(26-16-10-9-14-5-2-3-6-15(14)11-16)20(25)24-23-12-17-18(21)7-4-8-19(17)22/h2-13H,1H3,(H,24,25)/b23-12-/t13-/m0/s1. The summed E-state index contributed by atoms with van der Waals surface area (Å²) in [7, 11) is 0. The van der Waals surface area contributed by atoms with E-state index in [-0.39, 0.29) is 5.91 Å². The van der Waals surface area contributed by atoms with Gasteiger partial charge in [-0.2, -0.15) is 5.10 Å². The van der Waals surface area contributed by atoms with E-state index in [0.717, 1.165) is 10.8 Å². The Bertz CT molecular complexity index is 953. The summed E-state index contributed by atoms with van der Waals surface area (Å²) in [6, 6.07) is 18.7. The van der Waals surface area contributed by atoms with Crippen LogP contribution in [0.2, 0.25) is 10.0 Å². The van der Waals surface area contributed by atoms with Gasteiger partial charge in [0.25, 0.3) is 5.91 Å². The molecule has 132 valence electrons. The van der Waals surface area contributed by atoms with Gasteiger partial charge in [-0.3, -0.25) is 4.79 Å². The van der Waals surface area contributed by atoms with E-state index in [2.05, 4.69) is 10.5 Å². The number of hydrogen-bond donors (Lipinski definition) is 1. The van der Waals surface area contributed by atoms with Crippen LogP contribution >= 0.6 is 23.2 Å². The number of hydrogen-bond acceptors (Lipinski definition) is 3. The lowest BCUT2D eigenvalue weighted by atomic mass is 10.1. The summed E-state index contributed by atoms with van der Waals surface area (Å²) in [5, 5.41) is 6.97. The third-order valence-corrected chi connectivity index (χ3v) is 4.43. The second kappa shape index (κ2) is 8.21. The van der Waals surface area contributed by atoms with Crippen molar-refractivity contribution in [2.45, 2.75) is 13.0 Å². The third kappa shape index (κ3) is 4.34. The zero-order chi connectivity index (χ0) is 18.5. The number of carbonyl (C=O) groups excluding carboxylic acids is 1. The Morgan fingerprint density at radius 1 is 1.04 bits per heavy atom. The van der Waals surface area contributed by atoms with Crippen LogP contribution in [0.25, 0.3) is 10.8 Å². The number of benzene rings is 3. The van der Waals surface area contributed by atoms with Gasteiger partial charge >= 0.3 is 0 Å². The maximum atomic E-state index is 12.2. The molecule has 0 aromatic heterocycles. The van der Waals surface area contributed by atoms with Crippen LogP contribution in [0.5, 0.6) is 5.75 Å². The summed E-state index contributed by atoms with van der Waals surface area (Å²) in [6.07, 6.45) is 0.695. The van der Waals surface area contributed by atoms with Crippen molar-refractivity contribution in [2.75, 3.05) is 0 Å². The van der Waals surface area contributed by atoms with Gasteiger partial charge in [-0.05, 0) is 42.0 Å². The van der Waals surface area contributed by atoms with Crippen molar-refractivity contribution < 1.29 is 9.53 Å². The predicted octanol–water partition coefficient (Wildman–Crippen LogP) is 5.06. The fraction of sp³-hybridized carbons (Fsp3) is 0.100. The normalized spacial score (nSPS) is 12.3. The van der Waals surface area contributed by atoms with E-state index in [9.17, 15) is 4.79 Å². The molecule has 4 nitrogen and oxygen atoms in total. The second-order valence-corrected chi connectivity index (χ2v) is 6.45. The molecule has 1 atom stereocenters. The number of amides is 1. The van der Waals surface area contributed by atoms with Gasteiger partial charge in [-0.25, -0.2) is 5.43 Å². The first-order chi connectivity index (χ1) is 12.5. The van der Waals surface area contributed by atoms with Crippen LogP contribution in [-0.4, -0.2) is 18.2 Å². The second-order valence-electron chi connectivity index (χ2n) is 5.64. The van der Waals surface area contributed by atoms with Crippen LogP contribution in [-0.2, 0) is 4.79 Å². The molecule has 3 rings (SSSR count). The lowest BCUT2D eigenvalue weighted by Gasteiger charge is -2.13. The van der Waals surface area contributed by atoms with Crippen LogP contribution in [0.3, 0.4) is 0 Å². The summed E-state index contributed by atoms with van der Waals surface area (Å²) in [5.41, 5.74) is 2.97. The van der Waals surface area contributed by atoms with Crippen molar-refractivity contribution in [2.24, 2.45) is 5.10 Å². The van der Waals surface area contributed by atoms with Crippen LogP contribution in [0.1, 0.15) is 12.5 Å². The molecule has 1 N–H and O–H groups in total. The smallest absolute Gasteiger partial charge is 0.280 e. The molecule has 26 heavy (non-hydrogen) atoms. The van der Waals surface area contributed by atoms with E-state index >= 15 is 0 Å². The molecule has 3 aromatic rings. The number of ether oxygens (including phenoxy) is 1. The van der Waals surface area contributed by atoms with Crippen molar-refractivity contribution in [1.29, 1.82) is 0 Å². The van der Waals surface area contributed by atoms with Gasteiger partial charge in [-0.1, -0.05) is 59.6 Å². The number of halogens is 2. The van der Waals surface area contributed by atoms with Gasteiger partial charge < -0.3 is 4.74 Å². The summed E-state index contributed by atoms with van der Waals surface area (Å²) < 4.78 is 5.70. The molecule has 0 radical (unpaired) electrons. The Hall–Kier alpha value is -2.56. The molecule has 3 aromatic carbocycles. The molecule has 0 aliphatic rings. The molecule has 1 amide bonds. The molecule has 0 aliphatic heterocycles. The molecule has 6 heteroatoms. The summed E-state index contributed by atoms with van der Waals surface area (Å²) in [4.78, 5) is 12.2. The van der Waals surface area contributed by atoms with Crippen LogP contribution in [0, 0.1) is 0 Å². The van der Waals surface area contributed by atoms with Gasteiger partial charge in [0.15, 0.2) is 6.10 Å². The summed E-state index contributed by atoms with van der Waals surface area (Å²) >= 11 is 12.1. The van der Waals surface area contributed by atoms with Crippen molar-refractivity contribution in [3.63, 3.8) is 0 Å². The highest BCUT2D eigenvalue weighted by atomic mass is 35.5. The summed E-state index contributed by atoms with van der Waals surface area (Å²) in [6.45, 7) is 1.66. The first-order valence-corrected chi connectivity index (χ1v) is 8.72. The maximum absolute atomic E-state index is 12.2. The first kappa shape index (κ1) is 18.2. The largest absolute Gasteiger partial charge is 0.481 e. The minimum absolute atomic E-state index is 0.377. The zero-order valence-corrected chi connectivity index (χ0v) is 15.5. The Labute approximate surface area is 161 Å². The Morgan fingerprint density at radius 3 is 2.46 bits per heavy atom. The maximum Gasteiger partial charge on any atom is 0.280 e. The van der Waals surface area contributed by atoms with E-state index in [1.807, 2.05) is 42.5 Å². The molecule has 0 saturated heterocycles. The number of hydrazone groups is 1. The van der Waals surface area contributed by atoms with Crippen LogP contribution in [0.15, 0.2) is 65.8 Å². The van der Waals surface area contributed by atoms with Crippen molar-refractivity contribution in [3.05, 3.63) is 76.3 Å². The van der Waals surface area contributed by atoms with E-state index in [4.69, 9.17) is 27.9 Å². The molecule has 0 bridgehead atoms. The number of nitrogens with one attached hydrogen (secondary N) is 1. The lowest BCUT2D eigenvalue weighted by molar-refractivity contribution is -0.127. The minimum Gasteiger partial charge on any atom is -0.481 e. The average Bonchev–Trinajstić information content (AvgIpc) is 2.64. The number of fused-ring (bicyclic) bond motifs is 1. The van der Waals surface area contributed by atoms with Gasteiger partial charge in [0.05, 0.1) is 16.3 Å². The van der Waals surface area contributed by atoms with E-state index < -0.39 is 6.10 Å². The van der Waals surface area contributed by atoms with Gasteiger partial charge in [-0.15, -0.1) is 0 Å². The van der Waals surface area contributed by atoms with E-state index in [1.54, 1.807) is 25.1 Å². The van der Waals surface area contributed by atoms with Crippen molar-refractivity contribution >= 4 is 46.1 Å². The highest BCUT2D eigenvalue weighted by Gasteiger charge is 2.14. The number of nitrogens with zero attached hydrogens (tertiary/aromatic N) is 1. The first-order valence-electron chi connectivity index (χ1n) is 7.97. The molecular weight excluding hydrogens is 371 g/mol. The summed E-state index contributed by atoms with van der Waals surface area (Å²) in [5.74, 6) is 0.238. The number of carbonyl (C=O) groups is 1. The number of rotatable bonds is 5. The Balaban J connectivity index is 1.63. The highest BCUT2D eigenvalue weighted by Crippen LogP contribution is 2.22. The molecule has 0 fully saturated rings. The highest BCUT2D eigenvalue weighted by molar-refractivity contribution is 6.38. The monoisotopic (exact) mass is 386 g/mol. The average molecular weight is 387 g/mol. The molecule has 0 saturated carbocycles. The Morgan fingerprint density at radius 2 is 1.73 bits per heavy atom. The van der Waals surface area contributed by atoms with Crippen LogP contribution in [0.4, 0.5) is 0 Å². The fourth-order valence-electron chi connectivity index (χ4n) is 2.38. The van der Waals surface area contributed by atoms with Gasteiger partial charge in [0.1, 0.15) is 5.75 Å². The molecule has 0 heterocycles. The van der Waals surface area contributed by atoms with Gasteiger partial charge in [0.2, 0.25) is 0 Å². The zero-order valence-electron chi connectivity index (χ0n) is 13.9. The lowest BCUT2D eigenvalue weighted by Crippen LogP contribution is -2.33. The molecule has 0 aliphatic carbocycles. The SMILES string of the molecule is C[C@H](Oc1ccc2ccccc2c1)C(=O)N/N=C\c1c(Cl)cccc1Cl. The van der Waals surface area contributed by atoms with Crippen molar-refractivity contribution in [1.82, 2.24) is 5.43 Å². The van der Waals surface area contributed by atoms with E-state index in [1.165, 1.54) is 6.21 Å². The van der Waals surface area contributed by atoms with Gasteiger partial charge in [0, 0.05) is 5.56 Å². The fourth-order valence-corrected chi connectivity index (χ4v) is 2.88. The Kier molecular flexibility index (Phi) is 5.76. The quantitative estimate of drug-likeness (QED) is 0.491. The molecule has 0 unspecified atom stereocenters. The third-order valence-electron chi connectivity index (χ3n) is 3.77. The predicted molar refractivity (Wildman–Crippen MR) is 106 cm³/mol. The molecular formula is C20H16Cl2N2O2. The van der Waals surface area contributed by atoms with Crippen molar-refractivity contribution in [3.8, 4) is 5.75 Å². The molecule has 0 spiro atoms. The van der Waals surface area contributed by atoms with Crippen LogP contribution < -0.4 is 10.2 Å². The minimum atomic E-state index is -0.713.